The van der Waals surface area contributed by atoms with E-state index in [4.69, 9.17) is 0 Å². The fraction of sp³-hybridized carbons (Fsp3) is 0.500. The Morgan fingerprint density at radius 2 is 2.38 bits per heavy atom. The highest BCUT2D eigenvalue weighted by molar-refractivity contribution is 5.09. The number of pyridine rings is 1. The lowest BCUT2D eigenvalue weighted by atomic mass is 10.1. The third-order valence-electron chi connectivity index (χ3n) is 2.79. The predicted octanol–water partition coefficient (Wildman–Crippen LogP) is -3.15. The van der Waals surface area contributed by atoms with Gasteiger partial charge in [-0.2, -0.15) is 0 Å². The fourth-order valence-electron chi connectivity index (χ4n) is 2.08. The maximum atomic E-state index is 3.15. The molecule has 0 aromatic carbocycles. The standard InChI is InChI=1S/C10H14N2.HI/c1-12-7-3-5-10(12)9-4-2-6-11-8-9;/h2,4,6,8,10H,3,5,7H2,1H3;1H/p+1/t10-;/m0./s1. The molecular weight excluding hydrogens is 275 g/mol. The normalized spacial score (nSPS) is 26.8. The minimum atomic E-state index is 0. The van der Waals surface area contributed by atoms with Gasteiger partial charge in [0, 0.05) is 18.9 Å². The number of H-pyrrole nitrogens is 1. The van der Waals surface area contributed by atoms with Gasteiger partial charge in [-0.3, -0.25) is 0 Å². The van der Waals surface area contributed by atoms with E-state index in [1.165, 1.54) is 24.9 Å². The Bertz CT molecular complexity index is 250. The molecule has 2 N–H and O–H groups in total. The highest BCUT2D eigenvalue weighted by atomic mass is 127. The molecule has 13 heavy (non-hydrogen) atoms. The second-order valence-electron chi connectivity index (χ2n) is 3.63. The van der Waals surface area contributed by atoms with Gasteiger partial charge in [0.1, 0.15) is 6.04 Å². The van der Waals surface area contributed by atoms with Crippen molar-refractivity contribution >= 4 is 0 Å². The zero-order chi connectivity index (χ0) is 8.39. The molecule has 1 fully saturated rings. The summed E-state index contributed by atoms with van der Waals surface area (Å²) in [5.41, 5.74) is 1.45. The van der Waals surface area contributed by atoms with Crippen LogP contribution in [0.1, 0.15) is 24.4 Å². The topological polar surface area (TPSA) is 18.6 Å². The molecule has 72 valence electrons. The van der Waals surface area contributed by atoms with Crippen LogP contribution in [-0.2, 0) is 0 Å². The Morgan fingerprint density at radius 1 is 1.54 bits per heavy atom. The van der Waals surface area contributed by atoms with Crippen molar-refractivity contribution in [3.05, 3.63) is 30.1 Å². The number of hydrogen-bond donors (Lipinski definition) is 1. The van der Waals surface area contributed by atoms with Gasteiger partial charge in [-0.25, -0.2) is 4.98 Å². The van der Waals surface area contributed by atoms with Crippen molar-refractivity contribution in [1.82, 2.24) is 0 Å². The maximum Gasteiger partial charge on any atom is 0.176 e. The second kappa shape index (κ2) is 4.91. The van der Waals surface area contributed by atoms with Gasteiger partial charge in [0.25, 0.3) is 0 Å². The van der Waals surface area contributed by atoms with Gasteiger partial charge in [-0.1, -0.05) is 0 Å². The first kappa shape index (κ1) is 10.9. The molecule has 1 unspecified atom stereocenters. The average molecular weight is 291 g/mol. The lowest BCUT2D eigenvalue weighted by molar-refractivity contribution is -0.898. The third kappa shape index (κ3) is 2.40. The fourth-order valence-corrected chi connectivity index (χ4v) is 2.08. The third-order valence-corrected chi connectivity index (χ3v) is 2.79. The SMILES string of the molecule is C[NH+]1CCC[C@H]1c1ccc[nH+]c1.[I-]. The van der Waals surface area contributed by atoms with Crippen molar-refractivity contribution in [3.8, 4) is 0 Å². The molecule has 2 heterocycles. The lowest BCUT2D eigenvalue weighted by Crippen LogP contribution is -3.07. The van der Waals surface area contributed by atoms with E-state index in [0.717, 1.165) is 6.04 Å². The van der Waals surface area contributed by atoms with Crippen LogP contribution in [0.3, 0.4) is 0 Å². The summed E-state index contributed by atoms with van der Waals surface area (Å²) in [5, 5.41) is 0. The van der Waals surface area contributed by atoms with E-state index >= 15 is 0 Å². The van der Waals surface area contributed by atoms with E-state index in [-0.39, 0.29) is 24.0 Å². The van der Waals surface area contributed by atoms with Gasteiger partial charge in [0.05, 0.1) is 19.2 Å². The van der Waals surface area contributed by atoms with Crippen molar-refractivity contribution in [2.24, 2.45) is 0 Å². The second-order valence-corrected chi connectivity index (χ2v) is 3.63. The van der Waals surface area contributed by atoms with Crippen molar-refractivity contribution in [3.63, 3.8) is 0 Å². The number of nitrogens with one attached hydrogen (secondary N) is 2. The Labute approximate surface area is 96.4 Å². The van der Waals surface area contributed by atoms with Crippen LogP contribution in [0.25, 0.3) is 0 Å². The van der Waals surface area contributed by atoms with Gasteiger partial charge < -0.3 is 28.9 Å². The zero-order valence-corrected chi connectivity index (χ0v) is 10.0. The van der Waals surface area contributed by atoms with Gasteiger partial charge in [0.15, 0.2) is 12.4 Å². The molecule has 0 radical (unpaired) electrons. The van der Waals surface area contributed by atoms with E-state index in [1.54, 1.807) is 4.90 Å². The quantitative estimate of drug-likeness (QED) is 0.527. The smallest absolute Gasteiger partial charge is 0.176 e. The van der Waals surface area contributed by atoms with Crippen molar-refractivity contribution < 1.29 is 33.9 Å². The summed E-state index contributed by atoms with van der Waals surface area (Å²) >= 11 is 0. The number of aromatic amines is 1. The van der Waals surface area contributed by atoms with Crippen molar-refractivity contribution in [2.45, 2.75) is 18.9 Å². The van der Waals surface area contributed by atoms with Gasteiger partial charge >= 0.3 is 0 Å². The Hall–Kier alpha value is -0.160. The molecule has 0 saturated carbocycles. The Kier molecular flexibility index (Phi) is 4.12. The van der Waals surface area contributed by atoms with Crippen LogP contribution in [0.5, 0.6) is 0 Å². The molecular formula is C10H16IN2+. The average Bonchev–Trinajstić information content (AvgIpc) is 2.53. The van der Waals surface area contributed by atoms with E-state index in [0.29, 0.717) is 0 Å². The zero-order valence-electron chi connectivity index (χ0n) is 7.89. The first-order chi connectivity index (χ1) is 5.88. The minimum Gasteiger partial charge on any atom is -1.00 e. The van der Waals surface area contributed by atoms with Crippen molar-refractivity contribution in [1.29, 1.82) is 0 Å². The highest BCUT2D eigenvalue weighted by Crippen LogP contribution is 2.16. The van der Waals surface area contributed by atoms with Crippen LogP contribution < -0.4 is 33.9 Å². The van der Waals surface area contributed by atoms with Gasteiger partial charge in [0.2, 0.25) is 0 Å². The molecule has 1 aromatic heterocycles. The summed E-state index contributed by atoms with van der Waals surface area (Å²) in [7, 11) is 2.28. The summed E-state index contributed by atoms with van der Waals surface area (Å²) in [5.74, 6) is 0. The van der Waals surface area contributed by atoms with Crippen LogP contribution >= 0.6 is 0 Å². The van der Waals surface area contributed by atoms with Crippen LogP contribution in [0.15, 0.2) is 24.5 Å². The largest absolute Gasteiger partial charge is 1.00 e. The molecule has 3 heteroatoms. The molecule has 2 rings (SSSR count). The van der Waals surface area contributed by atoms with Gasteiger partial charge in [-0.15, -0.1) is 0 Å². The monoisotopic (exact) mass is 291 g/mol. The van der Waals surface area contributed by atoms with Crippen LogP contribution in [0, 0.1) is 0 Å². The number of hydrogen-bond acceptors (Lipinski definition) is 0. The molecule has 0 aliphatic carbocycles. The number of likely N-dealkylation sites (tertiary alicyclic amines) is 1. The first-order valence-corrected chi connectivity index (χ1v) is 4.66. The molecule has 1 aliphatic heterocycles. The summed E-state index contributed by atoms with van der Waals surface area (Å²) in [4.78, 5) is 4.79. The molecule has 0 bridgehead atoms. The molecule has 1 aromatic rings. The lowest BCUT2D eigenvalue weighted by Gasteiger charge is -2.14. The summed E-state index contributed by atoms with van der Waals surface area (Å²) in [6.45, 7) is 1.32. The maximum absolute atomic E-state index is 3.15. The van der Waals surface area contributed by atoms with Crippen LogP contribution in [0.2, 0.25) is 0 Å². The van der Waals surface area contributed by atoms with E-state index < -0.39 is 0 Å². The molecule has 0 spiro atoms. The molecule has 2 nitrogen and oxygen atoms in total. The molecule has 1 aliphatic rings. The summed E-state index contributed by atoms with van der Waals surface area (Å²) < 4.78 is 0. The molecule has 2 atom stereocenters. The minimum absolute atomic E-state index is 0. The van der Waals surface area contributed by atoms with E-state index in [2.05, 4.69) is 30.4 Å². The Balaban J connectivity index is 0.000000845. The highest BCUT2D eigenvalue weighted by Gasteiger charge is 2.27. The summed E-state index contributed by atoms with van der Waals surface area (Å²) in [6.07, 6.45) is 6.79. The number of quaternary nitrogens is 1. The molecule has 0 amide bonds. The van der Waals surface area contributed by atoms with E-state index in [9.17, 15) is 0 Å². The Morgan fingerprint density at radius 3 is 2.92 bits per heavy atom. The predicted molar refractivity (Wildman–Crippen MR) is 46.7 cm³/mol. The number of rotatable bonds is 1. The van der Waals surface area contributed by atoms with Crippen LogP contribution in [-0.4, -0.2) is 13.6 Å². The van der Waals surface area contributed by atoms with Gasteiger partial charge in [-0.05, 0) is 6.07 Å². The first-order valence-electron chi connectivity index (χ1n) is 4.66. The van der Waals surface area contributed by atoms with Crippen molar-refractivity contribution in [2.75, 3.05) is 13.6 Å². The molecule has 1 saturated heterocycles. The summed E-state index contributed by atoms with van der Waals surface area (Å²) in [6, 6.07) is 5.03. The van der Waals surface area contributed by atoms with Crippen LogP contribution in [0.4, 0.5) is 0 Å². The number of aromatic nitrogens is 1. The number of halogens is 1. The van der Waals surface area contributed by atoms with E-state index in [1.807, 2.05) is 6.20 Å².